The SMILES string of the molecule is CN(C)CCN1CCN(C(=O)CCCCCN)CC1. The lowest BCUT2D eigenvalue weighted by molar-refractivity contribution is -0.133. The Labute approximate surface area is 117 Å². The number of nitrogens with two attached hydrogens (primary N) is 1. The maximum atomic E-state index is 12.0. The van der Waals surface area contributed by atoms with Crippen LogP contribution in [0, 0.1) is 0 Å². The Bertz CT molecular complexity index is 250. The molecular formula is C14H30N4O. The summed E-state index contributed by atoms with van der Waals surface area (Å²) in [4.78, 5) is 18.7. The van der Waals surface area contributed by atoms with Crippen molar-refractivity contribution in [3.8, 4) is 0 Å². The van der Waals surface area contributed by atoms with Gasteiger partial charge in [0, 0.05) is 45.7 Å². The van der Waals surface area contributed by atoms with Crippen molar-refractivity contribution in [3.63, 3.8) is 0 Å². The molecule has 0 atom stereocenters. The van der Waals surface area contributed by atoms with Crippen LogP contribution in [0.1, 0.15) is 25.7 Å². The van der Waals surface area contributed by atoms with Gasteiger partial charge in [0.2, 0.25) is 5.91 Å². The predicted octanol–water partition coefficient (Wildman–Crippen LogP) is 0.211. The third kappa shape index (κ3) is 6.89. The van der Waals surface area contributed by atoms with E-state index in [0.717, 1.165) is 65.1 Å². The van der Waals surface area contributed by atoms with E-state index in [1.165, 1.54) is 0 Å². The number of carbonyl (C=O) groups is 1. The Hall–Kier alpha value is -0.650. The van der Waals surface area contributed by atoms with Crippen LogP contribution in [-0.4, -0.2) is 80.5 Å². The first kappa shape index (κ1) is 16.4. The number of unbranched alkanes of at least 4 members (excludes halogenated alkanes) is 2. The van der Waals surface area contributed by atoms with Crippen LogP contribution >= 0.6 is 0 Å². The normalized spacial score (nSPS) is 17.2. The Morgan fingerprint density at radius 3 is 2.37 bits per heavy atom. The smallest absolute Gasteiger partial charge is 0.222 e. The summed E-state index contributed by atoms with van der Waals surface area (Å²) >= 11 is 0. The summed E-state index contributed by atoms with van der Waals surface area (Å²) in [7, 11) is 4.20. The van der Waals surface area contributed by atoms with Crippen LogP contribution in [0.2, 0.25) is 0 Å². The number of amides is 1. The van der Waals surface area contributed by atoms with Gasteiger partial charge in [0.05, 0.1) is 0 Å². The molecule has 5 nitrogen and oxygen atoms in total. The average molecular weight is 270 g/mol. The summed E-state index contributed by atoms with van der Waals surface area (Å²) in [5.74, 6) is 0.323. The summed E-state index contributed by atoms with van der Waals surface area (Å²) in [5, 5.41) is 0. The summed E-state index contributed by atoms with van der Waals surface area (Å²) in [6, 6.07) is 0. The molecule has 0 bridgehead atoms. The highest BCUT2D eigenvalue weighted by molar-refractivity contribution is 5.76. The molecule has 1 rings (SSSR count). The molecule has 0 unspecified atom stereocenters. The second kappa shape index (κ2) is 9.28. The number of rotatable bonds is 8. The predicted molar refractivity (Wildman–Crippen MR) is 79.1 cm³/mol. The minimum absolute atomic E-state index is 0.323. The van der Waals surface area contributed by atoms with Crippen molar-refractivity contribution >= 4 is 5.91 Å². The van der Waals surface area contributed by atoms with Crippen LogP contribution in [0.5, 0.6) is 0 Å². The number of likely N-dealkylation sites (N-methyl/N-ethyl adjacent to an activating group) is 1. The van der Waals surface area contributed by atoms with Crippen LogP contribution in [0.25, 0.3) is 0 Å². The molecule has 1 amide bonds. The monoisotopic (exact) mass is 270 g/mol. The van der Waals surface area contributed by atoms with Gasteiger partial charge in [0.15, 0.2) is 0 Å². The molecule has 1 saturated heterocycles. The second-order valence-electron chi connectivity index (χ2n) is 5.63. The van der Waals surface area contributed by atoms with Gasteiger partial charge < -0.3 is 15.5 Å². The molecule has 19 heavy (non-hydrogen) atoms. The standard InChI is InChI=1S/C14H30N4O/c1-16(2)8-9-17-10-12-18(13-11-17)14(19)6-4-3-5-7-15/h3-13,15H2,1-2H3. The summed E-state index contributed by atoms with van der Waals surface area (Å²) < 4.78 is 0. The minimum atomic E-state index is 0.323. The zero-order chi connectivity index (χ0) is 14.1. The van der Waals surface area contributed by atoms with E-state index in [9.17, 15) is 4.79 Å². The van der Waals surface area contributed by atoms with Crippen LogP contribution in [-0.2, 0) is 4.79 Å². The molecule has 0 radical (unpaired) electrons. The fourth-order valence-electron chi connectivity index (χ4n) is 2.32. The molecule has 0 spiro atoms. The van der Waals surface area contributed by atoms with Gasteiger partial charge in [-0.3, -0.25) is 9.69 Å². The van der Waals surface area contributed by atoms with E-state index in [4.69, 9.17) is 5.73 Å². The molecule has 0 aromatic heterocycles. The number of carbonyl (C=O) groups excluding carboxylic acids is 1. The zero-order valence-electron chi connectivity index (χ0n) is 12.6. The summed E-state index contributed by atoms with van der Waals surface area (Å²) in [6.07, 6.45) is 3.78. The molecule has 1 heterocycles. The number of nitrogens with zero attached hydrogens (tertiary/aromatic N) is 3. The van der Waals surface area contributed by atoms with Crippen LogP contribution in [0.3, 0.4) is 0 Å². The number of piperazine rings is 1. The van der Waals surface area contributed by atoms with Gasteiger partial charge in [-0.1, -0.05) is 6.42 Å². The van der Waals surface area contributed by atoms with Crippen LogP contribution < -0.4 is 5.73 Å². The van der Waals surface area contributed by atoms with Gasteiger partial charge >= 0.3 is 0 Å². The molecule has 0 aromatic carbocycles. The fourth-order valence-corrected chi connectivity index (χ4v) is 2.32. The van der Waals surface area contributed by atoms with E-state index in [-0.39, 0.29) is 0 Å². The molecule has 0 aromatic rings. The molecule has 0 aliphatic carbocycles. The highest BCUT2D eigenvalue weighted by Crippen LogP contribution is 2.07. The van der Waals surface area contributed by atoms with Crippen molar-refractivity contribution in [2.75, 3.05) is 59.9 Å². The molecule has 1 aliphatic rings. The highest BCUT2D eigenvalue weighted by atomic mass is 16.2. The lowest BCUT2D eigenvalue weighted by Crippen LogP contribution is -2.49. The number of hydrogen-bond donors (Lipinski definition) is 1. The lowest BCUT2D eigenvalue weighted by atomic mass is 10.1. The first-order chi connectivity index (χ1) is 9.13. The highest BCUT2D eigenvalue weighted by Gasteiger charge is 2.20. The van der Waals surface area contributed by atoms with Crippen molar-refractivity contribution in [2.24, 2.45) is 5.73 Å². The van der Waals surface area contributed by atoms with Gasteiger partial charge in [-0.25, -0.2) is 0 Å². The molecule has 112 valence electrons. The Morgan fingerprint density at radius 2 is 1.79 bits per heavy atom. The summed E-state index contributed by atoms with van der Waals surface area (Å²) in [6.45, 7) is 6.74. The van der Waals surface area contributed by atoms with Gasteiger partial charge in [-0.15, -0.1) is 0 Å². The lowest BCUT2D eigenvalue weighted by Gasteiger charge is -2.35. The topological polar surface area (TPSA) is 52.8 Å². The molecule has 2 N–H and O–H groups in total. The number of hydrogen-bond acceptors (Lipinski definition) is 4. The Morgan fingerprint density at radius 1 is 1.11 bits per heavy atom. The van der Waals surface area contributed by atoms with Gasteiger partial charge in [-0.05, 0) is 33.5 Å². The van der Waals surface area contributed by atoms with Crippen molar-refractivity contribution in [1.82, 2.24) is 14.7 Å². The van der Waals surface area contributed by atoms with E-state index < -0.39 is 0 Å². The maximum Gasteiger partial charge on any atom is 0.222 e. The summed E-state index contributed by atoms with van der Waals surface area (Å²) in [5.41, 5.74) is 5.45. The van der Waals surface area contributed by atoms with Gasteiger partial charge in [0.25, 0.3) is 0 Å². The van der Waals surface area contributed by atoms with Crippen molar-refractivity contribution in [1.29, 1.82) is 0 Å². The Kier molecular flexibility index (Phi) is 8.02. The van der Waals surface area contributed by atoms with Crippen molar-refractivity contribution in [2.45, 2.75) is 25.7 Å². The third-order valence-electron chi connectivity index (χ3n) is 3.68. The van der Waals surface area contributed by atoms with Gasteiger partial charge in [-0.2, -0.15) is 0 Å². The van der Waals surface area contributed by atoms with Crippen molar-refractivity contribution < 1.29 is 4.79 Å². The first-order valence-corrected chi connectivity index (χ1v) is 7.48. The molecule has 1 fully saturated rings. The molecular weight excluding hydrogens is 240 g/mol. The second-order valence-corrected chi connectivity index (χ2v) is 5.63. The molecule has 0 saturated carbocycles. The van der Waals surface area contributed by atoms with E-state index >= 15 is 0 Å². The largest absolute Gasteiger partial charge is 0.340 e. The average Bonchev–Trinajstić information content (AvgIpc) is 2.41. The zero-order valence-corrected chi connectivity index (χ0v) is 12.6. The quantitative estimate of drug-likeness (QED) is 0.641. The maximum absolute atomic E-state index is 12.0. The van der Waals surface area contributed by atoms with E-state index in [0.29, 0.717) is 12.3 Å². The van der Waals surface area contributed by atoms with E-state index in [1.807, 2.05) is 4.90 Å². The molecule has 1 aliphatic heterocycles. The van der Waals surface area contributed by atoms with Crippen molar-refractivity contribution in [3.05, 3.63) is 0 Å². The van der Waals surface area contributed by atoms with E-state index in [2.05, 4.69) is 23.9 Å². The van der Waals surface area contributed by atoms with E-state index in [1.54, 1.807) is 0 Å². The van der Waals surface area contributed by atoms with Crippen LogP contribution in [0.15, 0.2) is 0 Å². The molecule has 5 heteroatoms. The van der Waals surface area contributed by atoms with Gasteiger partial charge in [0.1, 0.15) is 0 Å². The van der Waals surface area contributed by atoms with Crippen LogP contribution in [0.4, 0.5) is 0 Å². The fraction of sp³-hybridized carbons (Fsp3) is 0.929. The third-order valence-corrected chi connectivity index (χ3v) is 3.68. The first-order valence-electron chi connectivity index (χ1n) is 7.48. The minimum Gasteiger partial charge on any atom is -0.340 e. The Balaban J connectivity index is 2.12.